The van der Waals surface area contributed by atoms with Crippen LogP contribution in [0.2, 0.25) is 0 Å². The summed E-state index contributed by atoms with van der Waals surface area (Å²) in [6, 6.07) is 0. The van der Waals surface area contributed by atoms with Gasteiger partial charge in [-0.05, 0) is 44.9 Å². The van der Waals surface area contributed by atoms with Crippen LogP contribution in [0.25, 0.3) is 0 Å². The predicted octanol–water partition coefficient (Wildman–Crippen LogP) is 21.1. The molecule has 454 valence electrons. The van der Waals surface area contributed by atoms with Gasteiger partial charge in [0.2, 0.25) is 0 Å². The van der Waals surface area contributed by atoms with E-state index in [9.17, 15) is 19.0 Å². The minimum Gasteiger partial charge on any atom is -0.462 e. The third-order valence-electron chi connectivity index (χ3n) is 14.9. The number of rotatable bonds is 62. The molecule has 0 amide bonds. The van der Waals surface area contributed by atoms with Gasteiger partial charge in [0, 0.05) is 12.8 Å². The van der Waals surface area contributed by atoms with Crippen molar-refractivity contribution in [1.82, 2.24) is 0 Å². The molecule has 0 spiro atoms. The van der Waals surface area contributed by atoms with Crippen LogP contribution in [0, 0.1) is 0 Å². The predicted molar refractivity (Wildman–Crippen MR) is 330 cm³/mol. The topological polar surface area (TPSA) is 108 Å². The van der Waals surface area contributed by atoms with Gasteiger partial charge >= 0.3 is 19.8 Å². The van der Waals surface area contributed by atoms with Crippen molar-refractivity contribution < 1.29 is 42.1 Å². The average molecular weight is 1110 g/mol. The Morgan fingerprint density at radius 1 is 0.416 bits per heavy atom. The third-order valence-corrected chi connectivity index (χ3v) is 15.9. The lowest BCUT2D eigenvalue weighted by atomic mass is 10.0. The molecule has 9 nitrogen and oxygen atoms in total. The maximum atomic E-state index is 12.8. The third kappa shape index (κ3) is 63.3. The molecule has 0 aromatic rings. The number of esters is 2. The molecule has 0 aliphatic heterocycles. The minimum absolute atomic E-state index is 0.0307. The van der Waals surface area contributed by atoms with Gasteiger partial charge in [-0.15, -0.1) is 0 Å². The first-order chi connectivity index (χ1) is 37.5. The first-order valence-corrected chi connectivity index (χ1v) is 34.7. The Balaban J connectivity index is 3.91. The molecular weight excluding hydrogens is 978 g/mol. The largest absolute Gasteiger partial charge is 0.472 e. The van der Waals surface area contributed by atoms with E-state index in [0.29, 0.717) is 23.9 Å². The number of nitrogens with zero attached hydrogens (tertiary/aromatic N) is 1. The van der Waals surface area contributed by atoms with Crippen molar-refractivity contribution in [3.05, 3.63) is 36.5 Å². The van der Waals surface area contributed by atoms with Crippen molar-refractivity contribution >= 4 is 19.8 Å². The molecule has 0 rings (SSSR count). The first-order valence-electron chi connectivity index (χ1n) is 33.2. The molecule has 0 radical (unpaired) electrons. The molecule has 10 heteroatoms. The number of unbranched alkanes of at least 4 members (excludes halogenated alkanes) is 42. The van der Waals surface area contributed by atoms with Crippen molar-refractivity contribution in [2.75, 3.05) is 47.5 Å². The Bertz CT molecular complexity index is 1390. The van der Waals surface area contributed by atoms with E-state index < -0.39 is 26.5 Å². The fourth-order valence-electron chi connectivity index (χ4n) is 9.86. The summed E-state index contributed by atoms with van der Waals surface area (Å²) in [7, 11) is 1.48. The second kappa shape index (κ2) is 58.9. The highest BCUT2D eigenvalue weighted by Gasteiger charge is 2.27. The summed E-state index contributed by atoms with van der Waals surface area (Å²) in [6.07, 6.45) is 74.1. The molecule has 2 atom stereocenters. The van der Waals surface area contributed by atoms with Gasteiger partial charge in [-0.25, -0.2) is 4.57 Å². The van der Waals surface area contributed by atoms with Crippen molar-refractivity contribution in [3.63, 3.8) is 0 Å². The number of allylic oxidation sites excluding steroid dienone is 6. The number of quaternary nitrogens is 1. The summed E-state index contributed by atoms with van der Waals surface area (Å²) in [5.41, 5.74) is 0. The van der Waals surface area contributed by atoms with Crippen LogP contribution in [-0.4, -0.2) is 74.9 Å². The number of likely N-dealkylation sites (N-methyl/N-ethyl adjacent to an activating group) is 1. The molecule has 0 aromatic carbocycles. The molecule has 1 N–H and O–H groups in total. The summed E-state index contributed by atoms with van der Waals surface area (Å²) < 4.78 is 34.6. The van der Waals surface area contributed by atoms with Crippen LogP contribution in [-0.2, 0) is 32.7 Å². The van der Waals surface area contributed by atoms with Crippen molar-refractivity contribution in [2.45, 2.75) is 335 Å². The maximum absolute atomic E-state index is 12.8. The summed E-state index contributed by atoms with van der Waals surface area (Å²) in [4.78, 5) is 35.7. The zero-order chi connectivity index (χ0) is 56.3. The van der Waals surface area contributed by atoms with Crippen LogP contribution < -0.4 is 0 Å². The average Bonchev–Trinajstić information content (AvgIpc) is 3.39. The SMILES string of the molecule is CC/C=C\C/C=C\C/C=C\CCCCCCCCCC(=O)OC(COC(=O)CCCCCCCCCCCCCCCCCCCCCCCCCCCCCCCCCCCCCC)COP(=O)(O)OCC[N+](C)(C)C. The lowest BCUT2D eigenvalue weighted by Crippen LogP contribution is -2.37. The van der Waals surface area contributed by atoms with Gasteiger partial charge in [0.15, 0.2) is 6.10 Å². The quantitative estimate of drug-likeness (QED) is 0.0211. The normalized spacial score (nSPS) is 13.4. The first kappa shape index (κ1) is 75.2. The maximum Gasteiger partial charge on any atom is 0.472 e. The van der Waals surface area contributed by atoms with Gasteiger partial charge in [-0.2, -0.15) is 0 Å². The molecule has 0 aromatic heterocycles. The molecule has 0 aliphatic carbocycles. The van der Waals surface area contributed by atoms with Gasteiger partial charge in [-0.1, -0.05) is 307 Å². The molecule has 0 heterocycles. The van der Waals surface area contributed by atoms with Crippen molar-refractivity contribution in [3.8, 4) is 0 Å². The van der Waals surface area contributed by atoms with Crippen molar-refractivity contribution in [2.24, 2.45) is 0 Å². The van der Waals surface area contributed by atoms with E-state index in [1.165, 1.54) is 231 Å². The molecule has 0 aliphatic rings. The van der Waals surface area contributed by atoms with E-state index in [-0.39, 0.29) is 25.6 Å². The van der Waals surface area contributed by atoms with Crippen LogP contribution in [0.3, 0.4) is 0 Å². The number of hydrogen-bond donors (Lipinski definition) is 1. The Kier molecular flexibility index (Phi) is 57.5. The Morgan fingerprint density at radius 2 is 0.740 bits per heavy atom. The van der Waals surface area contributed by atoms with E-state index >= 15 is 0 Å². The number of carbonyl (C=O) groups is 2. The van der Waals surface area contributed by atoms with Gasteiger partial charge in [0.05, 0.1) is 27.7 Å². The van der Waals surface area contributed by atoms with Gasteiger partial charge in [0.25, 0.3) is 0 Å². The Hall–Kier alpha value is -1.77. The molecule has 2 unspecified atom stereocenters. The van der Waals surface area contributed by atoms with E-state index in [2.05, 4.69) is 50.3 Å². The Labute approximate surface area is 478 Å². The smallest absolute Gasteiger partial charge is 0.462 e. The molecule has 77 heavy (non-hydrogen) atoms. The van der Waals surface area contributed by atoms with E-state index in [4.69, 9.17) is 18.5 Å². The highest BCUT2D eigenvalue weighted by atomic mass is 31.2. The summed E-state index contributed by atoms with van der Waals surface area (Å²) in [6.45, 7) is 4.36. The fourth-order valence-corrected chi connectivity index (χ4v) is 10.6. The standard InChI is InChI=1S/C67H128NO8P/c1-6-8-10-12-14-16-18-20-22-24-25-26-27-28-29-30-31-32-33-34-35-36-37-38-39-40-41-42-44-45-47-49-51-53-55-57-59-66(69)73-63-65(64-75-77(71,72)74-62-61-68(3,4)5)76-67(70)60-58-56-54-52-50-48-46-43-23-21-19-17-15-13-11-9-7-2/h9,11,15,17,21,23,65H,6-8,10,12-14,16,18-20,22,24-64H2,1-5H3/p+1/b11-9-,17-15-,23-21-. The van der Waals surface area contributed by atoms with Gasteiger partial charge in [-0.3, -0.25) is 18.6 Å². The zero-order valence-corrected chi connectivity index (χ0v) is 52.6. The van der Waals surface area contributed by atoms with Crippen LogP contribution in [0.1, 0.15) is 328 Å². The van der Waals surface area contributed by atoms with Crippen molar-refractivity contribution in [1.29, 1.82) is 0 Å². The van der Waals surface area contributed by atoms with Gasteiger partial charge in [0.1, 0.15) is 19.8 Å². The monoisotopic (exact) mass is 1110 g/mol. The number of carbonyl (C=O) groups excluding carboxylic acids is 2. The van der Waals surface area contributed by atoms with E-state index in [0.717, 1.165) is 64.2 Å². The van der Waals surface area contributed by atoms with Crippen LogP contribution >= 0.6 is 7.82 Å². The van der Waals surface area contributed by atoms with Gasteiger partial charge < -0.3 is 18.9 Å². The second-order valence-corrected chi connectivity index (χ2v) is 25.3. The number of phosphoric acid groups is 1. The second-order valence-electron chi connectivity index (χ2n) is 23.8. The highest BCUT2D eigenvalue weighted by Crippen LogP contribution is 2.43. The molecule has 0 fully saturated rings. The molecule has 0 saturated carbocycles. The zero-order valence-electron chi connectivity index (χ0n) is 51.7. The minimum atomic E-state index is -4.39. The summed E-state index contributed by atoms with van der Waals surface area (Å²) in [5.74, 6) is -0.794. The number of hydrogen-bond acceptors (Lipinski definition) is 7. The summed E-state index contributed by atoms with van der Waals surface area (Å²) in [5, 5.41) is 0. The lowest BCUT2D eigenvalue weighted by Gasteiger charge is -2.24. The molecule has 0 bridgehead atoms. The van der Waals surface area contributed by atoms with Crippen LogP contribution in [0.15, 0.2) is 36.5 Å². The van der Waals surface area contributed by atoms with Crippen LogP contribution in [0.4, 0.5) is 0 Å². The van der Waals surface area contributed by atoms with Crippen LogP contribution in [0.5, 0.6) is 0 Å². The molecule has 0 saturated heterocycles. The Morgan fingerprint density at radius 3 is 1.10 bits per heavy atom. The highest BCUT2D eigenvalue weighted by molar-refractivity contribution is 7.47. The fraction of sp³-hybridized carbons (Fsp3) is 0.881. The summed E-state index contributed by atoms with van der Waals surface area (Å²) >= 11 is 0. The number of ether oxygens (including phenoxy) is 2. The number of phosphoric ester groups is 1. The molecular formula is C67H129NO8P+. The lowest BCUT2D eigenvalue weighted by molar-refractivity contribution is -0.870. The van der Waals surface area contributed by atoms with E-state index in [1.54, 1.807) is 0 Å². The van der Waals surface area contributed by atoms with E-state index in [1.807, 2.05) is 21.1 Å².